The van der Waals surface area contributed by atoms with Crippen LogP contribution < -0.4 is 10.3 Å². The van der Waals surface area contributed by atoms with E-state index in [0.717, 1.165) is 24.7 Å². The Hall–Kier alpha value is -3.66. The molecule has 1 atom stereocenters. The summed E-state index contributed by atoms with van der Waals surface area (Å²) >= 11 is 12.8. The highest BCUT2D eigenvalue weighted by atomic mass is 35.5. The maximum Gasteiger partial charge on any atom is 0.262 e. The van der Waals surface area contributed by atoms with E-state index in [0.29, 0.717) is 49.7 Å². The van der Waals surface area contributed by atoms with Gasteiger partial charge in [-0.2, -0.15) is 4.31 Å². The van der Waals surface area contributed by atoms with E-state index < -0.39 is 16.3 Å². The molecule has 0 aliphatic rings. The van der Waals surface area contributed by atoms with Crippen LogP contribution in [0.15, 0.2) is 77.6 Å². The zero-order valence-electron chi connectivity index (χ0n) is 23.5. The first-order chi connectivity index (χ1) is 20.0. The van der Waals surface area contributed by atoms with Crippen molar-refractivity contribution in [3.8, 4) is 16.9 Å². The second-order valence-corrected chi connectivity index (χ2v) is 12.5. The maximum atomic E-state index is 13.9. The van der Waals surface area contributed by atoms with Gasteiger partial charge in [-0.1, -0.05) is 85.1 Å². The summed E-state index contributed by atoms with van der Waals surface area (Å²) in [6.07, 6.45) is 2.26. The molecule has 0 aliphatic heterocycles. The van der Waals surface area contributed by atoms with Crippen molar-refractivity contribution >= 4 is 39.6 Å². The Morgan fingerprint density at radius 1 is 1.00 bits per heavy atom. The second-order valence-electron chi connectivity index (χ2n) is 9.80. The molecule has 11 heteroatoms. The van der Waals surface area contributed by atoms with E-state index in [1.807, 2.05) is 25.1 Å². The van der Waals surface area contributed by atoms with Crippen molar-refractivity contribution in [2.75, 3.05) is 6.26 Å². The van der Waals surface area contributed by atoms with Crippen LogP contribution in [0.3, 0.4) is 0 Å². The summed E-state index contributed by atoms with van der Waals surface area (Å²) in [4.78, 5) is 30.5. The summed E-state index contributed by atoms with van der Waals surface area (Å²) in [6, 6.07) is 20.6. The van der Waals surface area contributed by atoms with Gasteiger partial charge in [-0.15, -0.1) is 0 Å². The minimum Gasteiger partial charge on any atom is -0.465 e. The maximum absolute atomic E-state index is 13.9. The predicted octanol–water partition coefficient (Wildman–Crippen LogP) is 6.41. The molecule has 0 saturated heterocycles. The number of hydrogen-bond acceptors (Lipinski definition) is 6. The molecule has 42 heavy (non-hydrogen) atoms. The third kappa shape index (κ3) is 7.03. The average Bonchev–Trinajstić information content (AvgIpc) is 2.95. The van der Waals surface area contributed by atoms with E-state index >= 15 is 0 Å². The smallest absolute Gasteiger partial charge is 0.262 e. The average molecular weight is 629 g/mol. The monoisotopic (exact) mass is 627 g/mol. The Kier molecular flexibility index (Phi) is 10.1. The van der Waals surface area contributed by atoms with Crippen molar-refractivity contribution in [2.45, 2.75) is 45.9 Å². The van der Waals surface area contributed by atoms with Crippen LogP contribution in [0.2, 0.25) is 10.0 Å². The van der Waals surface area contributed by atoms with Gasteiger partial charge in [0.1, 0.15) is 11.6 Å². The number of unbranched alkanes of at least 4 members (excludes halogenated alkanes) is 1. The second kappa shape index (κ2) is 13.5. The summed E-state index contributed by atoms with van der Waals surface area (Å²) in [6.45, 7) is 4.15. The van der Waals surface area contributed by atoms with E-state index in [9.17, 15) is 18.0 Å². The lowest BCUT2D eigenvalue weighted by molar-refractivity contribution is -0.119. The molecule has 4 rings (SSSR count). The molecule has 3 aromatic carbocycles. The number of halogens is 2. The largest absolute Gasteiger partial charge is 0.465 e. The summed E-state index contributed by atoms with van der Waals surface area (Å²) < 4.78 is 33.0. The van der Waals surface area contributed by atoms with Gasteiger partial charge in [-0.05, 0) is 43.2 Å². The van der Waals surface area contributed by atoms with Crippen LogP contribution in [-0.4, -0.2) is 34.9 Å². The number of rotatable bonds is 12. The number of ether oxygens (including phenoxy) is 1. The number of benzene rings is 3. The third-order valence-electron chi connectivity index (χ3n) is 6.73. The number of aryl methyl sites for hydroxylation is 2. The fourth-order valence-corrected chi connectivity index (χ4v) is 5.72. The topological polar surface area (TPSA) is 98.6 Å². The van der Waals surface area contributed by atoms with Gasteiger partial charge in [0.15, 0.2) is 0 Å². The van der Waals surface area contributed by atoms with E-state index in [1.165, 1.54) is 0 Å². The number of nitrogens with zero attached hydrogens (tertiary/aromatic N) is 3. The van der Waals surface area contributed by atoms with Gasteiger partial charge in [0.05, 0.1) is 24.1 Å². The lowest BCUT2D eigenvalue weighted by Gasteiger charge is -2.28. The molecular formula is C31H31Cl2N3O5S. The highest BCUT2D eigenvalue weighted by Crippen LogP contribution is 2.32. The van der Waals surface area contributed by atoms with E-state index in [1.54, 1.807) is 59.2 Å². The van der Waals surface area contributed by atoms with Gasteiger partial charge in [-0.25, -0.2) is 13.4 Å². The number of amides is 1. The van der Waals surface area contributed by atoms with Crippen molar-refractivity contribution in [2.24, 2.45) is 0 Å². The Labute approximate surface area is 255 Å². The molecule has 0 spiro atoms. The highest BCUT2D eigenvalue weighted by Gasteiger charge is 2.30. The lowest BCUT2D eigenvalue weighted by atomic mass is 10.0. The molecule has 0 aliphatic carbocycles. The van der Waals surface area contributed by atoms with Gasteiger partial charge < -0.3 is 4.74 Å². The molecule has 0 radical (unpaired) electrons. The zero-order chi connectivity index (χ0) is 30.4. The molecule has 1 unspecified atom stereocenters. The van der Waals surface area contributed by atoms with E-state index in [2.05, 4.69) is 6.92 Å². The van der Waals surface area contributed by atoms with Gasteiger partial charge in [-0.3, -0.25) is 14.2 Å². The summed E-state index contributed by atoms with van der Waals surface area (Å²) in [5, 5.41) is 0.718. The lowest BCUT2D eigenvalue weighted by Crippen LogP contribution is -2.36. The Bertz CT molecular complexity index is 1740. The fraction of sp³-hybridized carbons (Fsp3) is 0.258. The molecule has 0 fully saturated rings. The Balaban J connectivity index is 1.70. The van der Waals surface area contributed by atoms with Crippen LogP contribution in [-0.2, 0) is 27.8 Å². The minimum absolute atomic E-state index is 0.185. The Morgan fingerprint density at radius 2 is 1.64 bits per heavy atom. The standard InChI is InChI=1S/C31H31Cl2N3O5S/c1-4-5-14-28-34-21(2)29(24-10-6-8-12-26(24)32)30(38)35(28)19-22-15-17-23(18-16-22)41-31(36(20-37)42(3,39)40)25-11-7-9-13-27(25)33/h6-13,15-18,20,31H,4-5,14,19H2,1-3H3. The number of sulfonamides is 1. The molecule has 4 aromatic rings. The van der Waals surface area contributed by atoms with Crippen molar-refractivity contribution in [3.63, 3.8) is 0 Å². The molecule has 1 amide bonds. The van der Waals surface area contributed by atoms with Crippen LogP contribution in [0.25, 0.3) is 11.1 Å². The number of aromatic nitrogens is 2. The fourth-order valence-electron chi connectivity index (χ4n) is 4.60. The number of hydrogen-bond donors (Lipinski definition) is 0. The normalized spacial score (nSPS) is 12.1. The first-order valence-electron chi connectivity index (χ1n) is 13.3. The van der Waals surface area contributed by atoms with Crippen LogP contribution in [0.1, 0.15) is 48.6 Å². The van der Waals surface area contributed by atoms with Crippen molar-refractivity contribution in [1.82, 2.24) is 13.9 Å². The summed E-state index contributed by atoms with van der Waals surface area (Å²) in [5.74, 6) is 0.987. The van der Waals surface area contributed by atoms with E-state index in [4.69, 9.17) is 32.9 Å². The van der Waals surface area contributed by atoms with Crippen LogP contribution in [0.4, 0.5) is 0 Å². The molecule has 220 valence electrons. The third-order valence-corrected chi connectivity index (χ3v) is 8.44. The molecular weight excluding hydrogens is 597 g/mol. The first-order valence-corrected chi connectivity index (χ1v) is 15.9. The van der Waals surface area contributed by atoms with Crippen LogP contribution in [0.5, 0.6) is 5.75 Å². The van der Waals surface area contributed by atoms with E-state index in [-0.39, 0.29) is 23.5 Å². The molecule has 0 bridgehead atoms. The summed E-state index contributed by atoms with van der Waals surface area (Å²) in [5.41, 5.74) is 2.63. The van der Waals surface area contributed by atoms with Gasteiger partial charge in [0.25, 0.3) is 5.56 Å². The molecule has 8 nitrogen and oxygen atoms in total. The number of carbonyl (C=O) groups excluding carboxylic acids is 1. The molecule has 1 aromatic heterocycles. The Morgan fingerprint density at radius 3 is 2.24 bits per heavy atom. The quantitative estimate of drug-likeness (QED) is 0.133. The molecule has 1 heterocycles. The van der Waals surface area contributed by atoms with Gasteiger partial charge in [0, 0.05) is 27.6 Å². The van der Waals surface area contributed by atoms with Crippen molar-refractivity contribution < 1.29 is 17.9 Å². The molecule has 0 saturated carbocycles. The first kappa shape index (κ1) is 31.3. The van der Waals surface area contributed by atoms with Gasteiger partial charge >= 0.3 is 0 Å². The van der Waals surface area contributed by atoms with Crippen LogP contribution >= 0.6 is 23.2 Å². The van der Waals surface area contributed by atoms with Crippen molar-refractivity contribution in [1.29, 1.82) is 0 Å². The van der Waals surface area contributed by atoms with Crippen molar-refractivity contribution in [3.05, 3.63) is 116 Å². The zero-order valence-corrected chi connectivity index (χ0v) is 25.8. The highest BCUT2D eigenvalue weighted by molar-refractivity contribution is 7.88. The predicted molar refractivity (Wildman–Crippen MR) is 165 cm³/mol. The minimum atomic E-state index is -3.97. The van der Waals surface area contributed by atoms with Gasteiger partial charge in [0.2, 0.25) is 22.7 Å². The molecule has 0 N–H and O–H groups in total. The number of carbonyl (C=O) groups is 1. The van der Waals surface area contributed by atoms with Crippen LogP contribution in [0, 0.1) is 6.92 Å². The summed E-state index contributed by atoms with van der Waals surface area (Å²) in [7, 11) is -3.97. The SMILES string of the molecule is CCCCc1nc(C)c(-c2ccccc2Cl)c(=O)n1Cc1ccc(OC(c2ccccc2Cl)N(C=O)S(C)(=O)=O)cc1.